The van der Waals surface area contributed by atoms with E-state index in [4.69, 9.17) is 4.98 Å². The van der Waals surface area contributed by atoms with E-state index in [-0.39, 0.29) is 5.82 Å². The van der Waals surface area contributed by atoms with Crippen LogP contribution < -0.4 is 10.2 Å². The van der Waals surface area contributed by atoms with E-state index in [0.717, 1.165) is 88.6 Å². The maximum absolute atomic E-state index is 13.7. The molecule has 1 fully saturated rings. The van der Waals surface area contributed by atoms with Crippen molar-refractivity contribution in [1.82, 2.24) is 24.6 Å². The maximum atomic E-state index is 13.7. The van der Waals surface area contributed by atoms with E-state index in [9.17, 15) is 4.39 Å². The van der Waals surface area contributed by atoms with Crippen molar-refractivity contribution in [1.29, 1.82) is 0 Å². The van der Waals surface area contributed by atoms with Gasteiger partial charge in [-0.2, -0.15) is 0 Å². The molecule has 5 aromatic rings. The highest BCUT2D eigenvalue weighted by Crippen LogP contribution is 2.37. The molecule has 0 amide bonds. The zero-order chi connectivity index (χ0) is 26.1. The Hall–Kier alpha value is -3.82. The van der Waals surface area contributed by atoms with Gasteiger partial charge >= 0.3 is 0 Å². The molecule has 2 aromatic heterocycles. The Morgan fingerprint density at radius 1 is 0.921 bits per heavy atom. The number of hydrogen-bond donors (Lipinski definition) is 1. The van der Waals surface area contributed by atoms with Crippen LogP contribution in [0.1, 0.15) is 13.3 Å². The molecule has 194 valence electrons. The van der Waals surface area contributed by atoms with Gasteiger partial charge in [-0.15, -0.1) is 10.2 Å². The summed E-state index contributed by atoms with van der Waals surface area (Å²) >= 11 is 1.54. The molecular formula is C29H30FN7S. The first-order valence-electron chi connectivity index (χ1n) is 13.0. The number of likely N-dealkylation sites (N-methyl/N-ethyl adjacent to an activating group) is 1. The van der Waals surface area contributed by atoms with E-state index >= 15 is 0 Å². The average molecular weight is 528 g/mol. The second-order valence-electron chi connectivity index (χ2n) is 9.65. The summed E-state index contributed by atoms with van der Waals surface area (Å²) in [5, 5.41) is 14.0. The van der Waals surface area contributed by atoms with E-state index < -0.39 is 0 Å². The number of piperazine rings is 1. The van der Waals surface area contributed by atoms with Gasteiger partial charge in [-0.25, -0.2) is 9.37 Å². The largest absolute Gasteiger partial charge is 0.367 e. The van der Waals surface area contributed by atoms with Crippen LogP contribution in [0.5, 0.6) is 0 Å². The van der Waals surface area contributed by atoms with Crippen molar-refractivity contribution in [2.45, 2.75) is 19.9 Å². The Bertz CT molecular complexity index is 1540. The number of aromatic nitrogens is 4. The fraction of sp³-hybridized carbons (Fsp3) is 0.276. The number of nitrogens with zero attached hydrogens (tertiary/aromatic N) is 6. The molecule has 3 aromatic carbocycles. The van der Waals surface area contributed by atoms with Gasteiger partial charge in [0.05, 0.1) is 22.4 Å². The Balaban J connectivity index is 1.44. The number of halogens is 1. The zero-order valence-electron chi connectivity index (χ0n) is 21.6. The van der Waals surface area contributed by atoms with E-state index in [1.807, 2.05) is 30.3 Å². The van der Waals surface area contributed by atoms with Crippen molar-refractivity contribution >= 4 is 38.9 Å². The maximum Gasteiger partial charge on any atom is 0.210 e. The van der Waals surface area contributed by atoms with Gasteiger partial charge in [-0.1, -0.05) is 48.6 Å². The topological polar surface area (TPSA) is 62.1 Å². The van der Waals surface area contributed by atoms with Crippen molar-refractivity contribution < 1.29 is 4.39 Å². The lowest BCUT2D eigenvalue weighted by atomic mass is 10.2. The van der Waals surface area contributed by atoms with Gasteiger partial charge in [-0.3, -0.25) is 0 Å². The number of imidazole rings is 1. The number of hydrogen-bond acceptors (Lipinski definition) is 7. The summed E-state index contributed by atoms with van der Waals surface area (Å²) < 4.78 is 15.9. The van der Waals surface area contributed by atoms with Gasteiger partial charge in [0, 0.05) is 43.9 Å². The van der Waals surface area contributed by atoms with Crippen molar-refractivity contribution in [2.75, 3.05) is 43.4 Å². The lowest BCUT2D eigenvalue weighted by molar-refractivity contribution is 0.313. The Morgan fingerprint density at radius 2 is 1.68 bits per heavy atom. The highest BCUT2D eigenvalue weighted by Gasteiger charge is 2.22. The minimum absolute atomic E-state index is 0.248. The van der Waals surface area contributed by atoms with Crippen molar-refractivity contribution in [3.05, 3.63) is 72.5 Å². The smallest absolute Gasteiger partial charge is 0.210 e. The van der Waals surface area contributed by atoms with E-state index in [1.54, 1.807) is 12.1 Å². The molecule has 38 heavy (non-hydrogen) atoms. The molecule has 0 unspecified atom stereocenters. The van der Waals surface area contributed by atoms with Crippen LogP contribution in [-0.4, -0.2) is 57.9 Å². The van der Waals surface area contributed by atoms with Crippen molar-refractivity contribution in [3.8, 4) is 22.0 Å². The summed E-state index contributed by atoms with van der Waals surface area (Å²) in [6.07, 6.45) is 0.969. The Labute approximate surface area is 225 Å². The summed E-state index contributed by atoms with van der Waals surface area (Å²) in [5.74, 6) is 0.605. The van der Waals surface area contributed by atoms with Crippen LogP contribution in [0.3, 0.4) is 0 Å². The number of nitrogens with one attached hydrogen (secondary N) is 1. The number of fused-ring (bicyclic) bond motifs is 1. The second-order valence-corrected chi connectivity index (χ2v) is 10.6. The minimum atomic E-state index is -0.248. The third kappa shape index (κ3) is 4.87. The molecule has 0 aliphatic carbocycles. The zero-order valence-corrected chi connectivity index (χ0v) is 22.4. The number of anilines is 3. The molecule has 0 atom stereocenters. The molecule has 7 nitrogen and oxygen atoms in total. The van der Waals surface area contributed by atoms with Crippen LogP contribution >= 0.6 is 11.3 Å². The number of aryl methyl sites for hydroxylation is 1. The highest BCUT2D eigenvalue weighted by molar-refractivity contribution is 7.18. The first kappa shape index (κ1) is 24.5. The van der Waals surface area contributed by atoms with E-state index in [0.29, 0.717) is 0 Å². The lowest BCUT2D eigenvalue weighted by Crippen LogP contribution is -2.44. The summed E-state index contributed by atoms with van der Waals surface area (Å²) in [5.41, 5.74) is 6.02. The first-order valence-corrected chi connectivity index (χ1v) is 13.8. The van der Waals surface area contributed by atoms with Crippen LogP contribution in [0.2, 0.25) is 0 Å². The molecule has 1 saturated heterocycles. The number of benzene rings is 3. The fourth-order valence-electron chi connectivity index (χ4n) is 4.92. The minimum Gasteiger partial charge on any atom is -0.367 e. The van der Waals surface area contributed by atoms with Crippen molar-refractivity contribution in [2.24, 2.45) is 0 Å². The second kappa shape index (κ2) is 10.5. The lowest BCUT2D eigenvalue weighted by Gasteiger charge is -2.35. The van der Waals surface area contributed by atoms with Crippen LogP contribution in [0.4, 0.5) is 20.9 Å². The van der Waals surface area contributed by atoms with Crippen LogP contribution in [0, 0.1) is 5.82 Å². The van der Waals surface area contributed by atoms with Gasteiger partial charge in [-0.05, 0) is 49.9 Å². The van der Waals surface area contributed by atoms with Gasteiger partial charge in [0.15, 0.2) is 0 Å². The fourth-order valence-corrected chi connectivity index (χ4v) is 5.69. The van der Waals surface area contributed by atoms with Crippen molar-refractivity contribution in [3.63, 3.8) is 0 Å². The summed E-state index contributed by atoms with van der Waals surface area (Å²) in [7, 11) is 2.16. The summed E-state index contributed by atoms with van der Waals surface area (Å²) in [6, 6.07) is 21.1. The molecule has 0 spiro atoms. The summed E-state index contributed by atoms with van der Waals surface area (Å²) in [4.78, 5) is 9.81. The van der Waals surface area contributed by atoms with Gasteiger partial charge in [0.2, 0.25) is 5.13 Å². The molecule has 1 N–H and O–H groups in total. The molecule has 1 aliphatic heterocycles. The Kier molecular flexibility index (Phi) is 6.78. The monoisotopic (exact) mass is 527 g/mol. The molecule has 1 aliphatic rings. The molecule has 0 bridgehead atoms. The molecule has 3 heterocycles. The standard InChI is InChI=1S/C29H30FN7S/c1-3-13-37-26-19-25(36-16-14-35(2)15-17-36)23(18-24(26)31-27(37)20-9-11-22(30)12-10-20)32-29-34-33-28(38-29)21-7-5-4-6-8-21/h4-12,18-19H,3,13-17H2,1-2H3,(H,32,34). The normalized spacial score (nSPS) is 14.3. The number of rotatable bonds is 7. The van der Waals surface area contributed by atoms with Gasteiger partial charge in [0.1, 0.15) is 16.6 Å². The molecule has 6 rings (SSSR count). The van der Waals surface area contributed by atoms with Crippen LogP contribution in [-0.2, 0) is 6.54 Å². The van der Waals surface area contributed by atoms with E-state index in [1.165, 1.54) is 23.5 Å². The SMILES string of the molecule is CCCn1c(-c2ccc(F)cc2)nc2cc(Nc3nnc(-c4ccccc4)s3)c(N3CCN(C)CC3)cc21. The average Bonchev–Trinajstić information content (AvgIpc) is 3.55. The third-order valence-electron chi connectivity index (χ3n) is 6.95. The Morgan fingerprint density at radius 3 is 2.42 bits per heavy atom. The predicted molar refractivity (Wildman–Crippen MR) is 154 cm³/mol. The van der Waals surface area contributed by atoms with Gasteiger partial charge < -0.3 is 19.7 Å². The highest BCUT2D eigenvalue weighted by atomic mass is 32.1. The third-order valence-corrected chi connectivity index (χ3v) is 7.83. The quantitative estimate of drug-likeness (QED) is 0.269. The molecule has 0 radical (unpaired) electrons. The van der Waals surface area contributed by atoms with Crippen LogP contribution in [0.15, 0.2) is 66.7 Å². The molecule has 9 heteroatoms. The van der Waals surface area contributed by atoms with Gasteiger partial charge in [0.25, 0.3) is 0 Å². The summed E-state index contributed by atoms with van der Waals surface area (Å²) in [6.45, 7) is 6.88. The predicted octanol–water partition coefficient (Wildman–Crippen LogP) is 6.27. The molecular weight excluding hydrogens is 497 g/mol. The first-order chi connectivity index (χ1) is 18.6. The van der Waals surface area contributed by atoms with Crippen LogP contribution in [0.25, 0.3) is 33.0 Å². The van der Waals surface area contributed by atoms with E-state index in [2.05, 4.69) is 56.0 Å². The molecule has 0 saturated carbocycles.